The van der Waals surface area contributed by atoms with Gasteiger partial charge in [-0.2, -0.15) is 0 Å². The van der Waals surface area contributed by atoms with Gasteiger partial charge >= 0.3 is 0 Å². The largest absolute Gasteiger partial charge is 0.383 e. The van der Waals surface area contributed by atoms with Gasteiger partial charge in [-0.05, 0) is 32.2 Å². The quantitative estimate of drug-likeness (QED) is 0.833. The van der Waals surface area contributed by atoms with Crippen molar-refractivity contribution in [2.24, 2.45) is 0 Å². The van der Waals surface area contributed by atoms with Crippen LogP contribution in [0.4, 0.5) is 0 Å². The Kier molecular flexibility index (Phi) is 5.10. The molecule has 2 aliphatic rings. The van der Waals surface area contributed by atoms with Gasteiger partial charge in [0.1, 0.15) is 5.01 Å². The van der Waals surface area contributed by atoms with E-state index in [9.17, 15) is 4.79 Å². The number of thiazole rings is 1. The summed E-state index contributed by atoms with van der Waals surface area (Å²) >= 11 is 1.73. The lowest BCUT2D eigenvalue weighted by atomic mass is 9.88. The molecule has 1 aromatic rings. The first-order valence-electron chi connectivity index (χ1n) is 8.14. The van der Waals surface area contributed by atoms with Crippen molar-refractivity contribution in [3.05, 3.63) is 16.6 Å². The predicted molar refractivity (Wildman–Crippen MR) is 86.8 cm³/mol. The van der Waals surface area contributed by atoms with Crippen LogP contribution in [0, 0.1) is 0 Å². The van der Waals surface area contributed by atoms with Crippen molar-refractivity contribution >= 4 is 17.2 Å². The molecule has 1 aromatic heterocycles. The van der Waals surface area contributed by atoms with Gasteiger partial charge in [0.15, 0.2) is 0 Å². The first-order chi connectivity index (χ1) is 10.7. The maximum atomic E-state index is 12.3. The smallest absolute Gasteiger partial charge is 0.223 e. The number of nitrogens with zero attached hydrogens (tertiary/aromatic N) is 3. The van der Waals surface area contributed by atoms with E-state index in [2.05, 4.69) is 14.8 Å². The second kappa shape index (κ2) is 7.06. The van der Waals surface area contributed by atoms with E-state index in [-0.39, 0.29) is 5.54 Å². The number of ether oxygens (including phenoxy) is 1. The zero-order valence-electron chi connectivity index (χ0n) is 13.3. The summed E-state index contributed by atoms with van der Waals surface area (Å²) in [5.74, 6) is 0.311. The molecule has 2 fully saturated rings. The predicted octanol–water partition coefficient (Wildman–Crippen LogP) is 2.14. The molecule has 2 saturated heterocycles. The molecule has 1 spiro atoms. The number of amides is 1. The summed E-state index contributed by atoms with van der Waals surface area (Å²) < 4.78 is 5.20. The average Bonchev–Trinajstić information content (AvgIpc) is 3.06. The maximum Gasteiger partial charge on any atom is 0.223 e. The zero-order valence-corrected chi connectivity index (χ0v) is 14.1. The summed E-state index contributed by atoms with van der Waals surface area (Å²) in [7, 11) is 1.70. The molecule has 1 atom stereocenters. The first-order valence-corrected chi connectivity index (χ1v) is 9.02. The Labute approximate surface area is 136 Å². The van der Waals surface area contributed by atoms with Gasteiger partial charge in [-0.1, -0.05) is 0 Å². The van der Waals surface area contributed by atoms with E-state index in [1.54, 1.807) is 18.4 Å². The summed E-state index contributed by atoms with van der Waals surface area (Å²) in [5.41, 5.74) is 0.0766. The van der Waals surface area contributed by atoms with Crippen molar-refractivity contribution < 1.29 is 9.53 Å². The second-order valence-electron chi connectivity index (χ2n) is 6.32. The Morgan fingerprint density at radius 3 is 3.05 bits per heavy atom. The molecule has 0 aliphatic carbocycles. The third kappa shape index (κ3) is 3.34. The molecular weight excluding hydrogens is 298 g/mol. The van der Waals surface area contributed by atoms with Gasteiger partial charge in [0.2, 0.25) is 5.91 Å². The minimum absolute atomic E-state index is 0.0766. The summed E-state index contributed by atoms with van der Waals surface area (Å²) in [6.45, 7) is 4.47. The summed E-state index contributed by atoms with van der Waals surface area (Å²) in [4.78, 5) is 21.3. The van der Waals surface area contributed by atoms with Gasteiger partial charge in [0, 0.05) is 43.7 Å². The van der Waals surface area contributed by atoms with E-state index in [0.29, 0.717) is 18.9 Å². The molecule has 3 rings (SSSR count). The van der Waals surface area contributed by atoms with Gasteiger partial charge in [0.05, 0.1) is 13.2 Å². The number of carbonyl (C=O) groups is 1. The van der Waals surface area contributed by atoms with Crippen molar-refractivity contribution in [1.29, 1.82) is 0 Å². The number of carbonyl (C=O) groups excluding carboxylic acids is 1. The Morgan fingerprint density at radius 2 is 2.27 bits per heavy atom. The van der Waals surface area contributed by atoms with Crippen LogP contribution >= 0.6 is 11.3 Å². The molecule has 2 aliphatic heterocycles. The molecule has 0 unspecified atom stereocenters. The molecule has 0 N–H and O–H groups in total. The van der Waals surface area contributed by atoms with Crippen LogP contribution in [0.15, 0.2) is 11.6 Å². The standard InChI is InChI=1S/C16H25N3O2S/c1-21-11-10-19-15(20)3-5-16(19)4-2-8-18(9-6-16)13-14-17-7-12-22-14/h7,12H,2-6,8-11,13H2,1H3/t16-/m0/s1. The van der Waals surface area contributed by atoms with Gasteiger partial charge in [0.25, 0.3) is 0 Å². The van der Waals surface area contributed by atoms with E-state index in [4.69, 9.17) is 4.74 Å². The van der Waals surface area contributed by atoms with E-state index in [1.165, 1.54) is 5.01 Å². The van der Waals surface area contributed by atoms with Gasteiger partial charge in [-0.25, -0.2) is 4.98 Å². The minimum atomic E-state index is 0.0766. The van der Waals surface area contributed by atoms with Gasteiger partial charge in [-0.15, -0.1) is 11.3 Å². The number of hydrogen-bond donors (Lipinski definition) is 0. The van der Waals surface area contributed by atoms with E-state index < -0.39 is 0 Å². The van der Waals surface area contributed by atoms with Crippen molar-refractivity contribution in [2.45, 2.75) is 44.2 Å². The average molecular weight is 323 g/mol. The fourth-order valence-electron chi connectivity index (χ4n) is 3.85. The lowest BCUT2D eigenvalue weighted by Crippen LogP contribution is -2.47. The second-order valence-corrected chi connectivity index (χ2v) is 7.30. The van der Waals surface area contributed by atoms with Crippen LogP contribution in [0.2, 0.25) is 0 Å². The number of methoxy groups -OCH3 is 1. The van der Waals surface area contributed by atoms with Gasteiger partial charge < -0.3 is 9.64 Å². The topological polar surface area (TPSA) is 45.7 Å². The highest BCUT2D eigenvalue weighted by atomic mass is 32.1. The van der Waals surface area contributed by atoms with E-state index in [1.807, 2.05) is 11.6 Å². The van der Waals surface area contributed by atoms with Crippen molar-refractivity contribution in [1.82, 2.24) is 14.8 Å². The highest BCUT2D eigenvalue weighted by Gasteiger charge is 2.45. The highest BCUT2D eigenvalue weighted by Crippen LogP contribution is 2.39. The lowest BCUT2D eigenvalue weighted by molar-refractivity contribution is -0.132. The Balaban J connectivity index is 1.64. The zero-order chi connectivity index (χ0) is 15.4. The molecule has 0 radical (unpaired) electrons. The molecule has 0 aromatic carbocycles. The minimum Gasteiger partial charge on any atom is -0.383 e. The monoisotopic (exact) mass is 323 g/mol. The van der Waals surface area contributed by atoms with E-state index in [0.717, 1.165) is 51.9 Å². The van der Waals surface area contributed by atoms with Crippen molar-refractivity contribution in [3.63, 3.8) is 0 Å². The molecule has 1 amide bonds. The van der Waals surface area contributed by atoms with Crippen molar-refractivity contribution in [2.75, 3.05) is 33.4 Å². The molecule has 3 heterocycles. The number of rotatable bonds is 5. The molecule has 122 valence electrons. The van der Waals surface area contributed by atoms with E-state index >= 15 is 0 Å². The van der Waals surface area contributed by atoms with Crippen LogP contribution in [0.3, 0.4) is 0 Å². The Bertz CT molecular complexity index is 494. The molecule has 0 saturated carbocycles. The Hall–Kier alpha value is -0.980. The van der Waals surface area contributed by atoms with Crippen molar-refractivity contribution in [3.8, 4) is 0 Å². The summed E-state index contributed by atoms with van der Waals surface area (Å²) in [5, 5.41) is 3.23. The van der Waals surface area contributed by atoms with Crippen LogP contribution in [0.1, 0.15) is 37.1 Å². The molecule has 22 heavy (non-hydrogen) atoms. The molecule has 6 heteroatoms. The summed E-state index contributed by atoms with van der Waals surface area (Å²) in [6, 6.07) is 0. The van der Waals surface area contributed by atoms with Gasteiger partial charge in [-0.3, -0.25) is 9.69 Å². The van der Waals surface area contributed by atoms with Crippen LogP contribution in [0.5, 0.6) is 0 Å². The molecular formula is C16H25N3O2S. The van der Waals surface area contributed by atoms with Crippen LogP contribution in [-0.2, 0) is 16.1 Å². The number of hydrogen-bond acceptors (Lipinski definition) is 5. The van der Waals surface area contributed by atoms with Crippen LogP contribution in [-0.4, -0.2) is 59.6 Å². The third-order valence-corrected chi connectivity index (χ3v) is 5.81. The van der Waals surface area contributed by atoms with Crippen LogP contribution < -0.4 is 0 Å². The van der Waals surface area contributed by atoms with Crippen LogP contribution in [0.25, 0.3) is 0 Å². The summed E-state index contributed by atoms with van der Waals surface area (Å²) in [6.07, 6.45) is 6.95. The maximum absolute atomic E-state index is 12.3. The SMILES string of the molecule is COCCN1C(=O)CC[C@]12CCCN(Cc1nccs1)CC2. The fraction of sp³-hybridized carbons (Fsp3) is 0.750. The lowest BCUT2D eigenvalue weighted by Gasteiger charge is -2.38. The fourth-order valence-corrected chi connectivity index (χ4v) is 4.51. The molecule has 5 nitrogen and oxygen atoms in total. The highest BCUT2D eigenvalue weighted by molar-refractivity contribution is 7.09. The first kappa shape index (κ1) is 15.9. The number of likely N-dealkylation sites (tertiary alicyclic amines) is 2. The number of aromatic nitrogens is 1. The normalized spacial score (nSPS) is 26.8. The Morgan fingerprint density at radius 1 is 1.36 bits per heavy atom. The third-order valence-electron chi connectivity index (χ3n) is 5.05. The molecule has 0 bridgehead atoms.